The van der Waals surface area contributed by atoms with Gasteiger partial charge < -0.3 is 10.6 Å². The number of hydrogen-bond acceptors (Lipinski definition) is 5. The van der Waals surface area contributed by atoms with E-state index in [1.54, 1.807) is 25.3 Å². The van der Waals surface area contributed by atoms with Crippen molar-refractivity contribution in [2.75, 3.05) is 13.3 Å². The number of likely N-dealkylation sites (N-methyl/N-ethyl adjacent to an activating group) is 1. The largest absolute Gasteiger partial charge is 0.369 e. The van der Waals surface area contributed by atoms with E-state index in [0.717, 1.165) is 6.26 Å². The van der Waals surface area contributed by atoms with Gasteiger partial charge in [-0.05, 0) is 23.8 Å². The first-order valence-electron chi connectivity index (χ1n) is 5.43. The van der Waals surface area contributed by atoms with Crippen LogP contribution >= 0.6 is 0 Å². The highest BCUT2D eigenvalue weighted by Crippen LogP contribution is 2.17. The van der Waals surface area contributed by atoms with Gasteiger partial charge in [-0.3, -0.25) is 4.79 Å². The van der Waals surface area contributed by atoms with Gasteiger partial charge in [-0.2, -0.15) is 4.99 Å². The third kappa shape index (κ3) is 2.65. The van der Waals surface area contributed by atoms with Crippen molar-refractivity contribution < 1.29 is 13.2 Å². The molecule has 100 valence electrons. The van der Waals surface area contributed by atoms with Gasteiger partial charge >= 0.3 is 0 Å². The van der Waals surface area contributed by atoms with Gasteiger partial charge in [-0.25, -0.2) is 8.42 Å². The fourth-order valence-electron chi connectivity index (χ4n) is 1.63. The summed E-state index contributed by atoms with van der Waals surface area (Å²) in [5, 5.41) is 0. The number of nitrogens with two attached hydrogens (primary N) is 1. The number of rotatable bonds is 2. The van der Waals surface area contributed by atoms with Gasteiger partial charge in [0.25, 0.3) is 5.91 Å². The predicted molar refractivity (Wildman–Crippen MR) is 71.9 cm³/mol. The first-order chi connectivity index (χ1) is 8.79. The zero-order chi connectivity index (χ0) is 14.2. The molecule has 7 heteroatoms. The minimum absolute atomic E-state index is 0.143. The van der Waals surface area contributed by atoms with Crippen molar-refractivity contribution in [2.45, 2.75) is 4.90 Å². The van der Waals surface area contributed by atoms with Crippen molar-refractivity contribution in [3.8, 4) is 0 Å². The quantitative estimate of drug-likeness (QED) is 0.782. The molecule has 0 aromatic heterocycles. The van der Waals surface area contributed by atoms with Crippen molar-refractivity contribution >= 4 is 27.8 Å². The van der Waals surface area contributed by atoms with Crippen molar-refractivity contribution in [1.29, 1.82) is 0 Å². The maximum absolute atomic E-state index is 11.6. The smallest absolute Gasteiger partial charge is 0.296 e. The molecule has 1 aliphatic rings. The Morgan fingerprint density at radius 2 is 1.84 bits per heavy atom. The monoisotopic (exact) mass is 279 g/mol. The maximum atomic E-state index is 11.6. The average molecular weight is 279 g/mol. The second kappa shape index (κ2) is 4.51. The van der Waals surface area contributed by atoms with E-state index in [-0.39, 0.29) is 10.9 Å². The van der Waals surface area contributed by atoms with Crippen molar-refractivity contribution in [3.05, 3.63) is 35.5 Å². The molecule has 6 nitrogen and oxygen atoms in total. The lowest BCUT2D eigenvalue weighted by Gasteiger charge is -2.11. The lowest BCUT2D eigenvalue weighted by Crippen LogP contribution is -2.28. The van der Waals surface area contributed by atoms with E-state index in [2.05, 4.69) is 4.99 Å². The van der Waals surface area contributed by atoms with E-state index in [1.165, 1.54) is 17.0 Å². The molecule has 0 saturated carbocycles. The van der Waals surface area contributed by atoms with Crippen molar-refractivity contribution in [3.63, 3.8) is 0 Å². The minimum atomic E-state index is -3.22. The number of sulfone groups is 1. The number of benzene rings is 1. The topological polar surface area (TPSA) is 92.8 Å². The van der Waals surface area contributed by atoms with Crippen LogP contribution < -0.4 is 5.73 Å². The normalized spacial score (nSPS) is 18.0. The number of aliphatic imine (C=N–C) groups is 1. The lowest BCUT2D eigenvalue weighted by molar-refractivity contribution is -0.114. The molecule has 0 spiro atoms. The summed E-state index contributed by atoms with van der Waals surface area (Å²) in [7, 11) is -1.58. The number of carbonyl (C=O) groups is 1. The molecule has 0 aliphatic carbocycles. The first kappa shape index (κ1) is 13.3. The summed E-state index contributed by atoms with van der Waals surface area (Å²) < 4.78 is 22.6. The zero-order valence-corrected chi connectivity index (χ0v) is 11.3. The fraction of sp³-hybridized carbons (Fsp3) is 0.167. The Balaban J connectivity index is 2.33. The van der Waals surface area contributed by atoms with E-state index in [4.69, 9.17) is 5.73 Å². The van der Waals surface area contributed by atoms with Crippen LogP contribution in [0, 0.1) is 0 Å². The van der Waals surface area contributed by atoms with Crippen LogP contribution in [-0.4, -0.2) is 38.5 Å². The Kier molecular flexibility index (Phi) is 3.15. The van der Waals surface area contributed by atoms with Crippen LogP contribution in [0.15, 0.2) is 39.9 Å². The zero-order valence-electron chi connectivity index (χ0n) is 10.5. The van der Waals surface area contributed by atoms with Crippen molar-refractivity contribution in [2.24, 2.45) is 10.7 Å². The van der Waals surface area contributed by atoms with Gasteiger partial charge in [0, 0.05) is 13.3 Å². The molecule has 1 amide bonds. The maximum Gasteiger partial charge on any atom is 0.296 e. The SMILES string of the molecule is CN1C(N)=NC(=O)/C1=C/c1ccc(S(C)(=O)=O)cc1. The first-order valence-corrected chi connectivity index (χ1v) is 7.32. The van der Waals surface area contributed by atoms with Gasteiger partial charge in [-0.1, -0.05) is 12.1 Å². The molecule has 0 saturated heterocycles. The third-order valence-corrected chi connectivity index (χ3v) is 3.88. The molecule has 0 atom stereocenters. The Hall–Kier alpha value is -2.15. The molecule has 0 fully saturated rings. The second-order valence-electron chi connectivity index (χ2n) is 4.20. The number of amides is 1. The standard InChI is InChI=1S/C12H13N3O3S/c1-15-10(11(16)14-12(15)13)7-8-3-5-9(6-4-8)19(2,17)18/h3-7H,1-2H3,(H2,13,14,16)/b10-7-. The predicted octanol–water partition coefficient (Wildman–Crippen LogP) is 0.218. The van der Waals surface area contributed by atoms with Gasteiger partial charge in [0.2, 0.25) is 5.96 Å². The third-order valence-electron chi connectivity index (χ3n) is 2.75. The highest BCUT2D eigenvalue weighted by atomic mass is 32.2. The lowest BCUT2D eigenvalue weighted by atomic mass is 10.2. The Labute approximate surface area is 111 Å². The van der Waals surface area contributed by atoms with Crippen molar-refractivity contribution in [1.82, 2.24) is 4.90 Å². The van der Waals surface area contributed by atoms with Crippen LogP contribution in [0.25, 0.3) is 6.08 Å². The van der Waals surface area contributed by atoms with Crippen LogP contribution in [0.1, 0.15) is 5.56 Å². The molecule has 0 bridgehead atoms. The molecule has 2 N–H and O–H groups in total. The molecule has 1 aromatic rings. The molecule has 19 heavy (non-hydrogen) atoms. The van der Waals surface area contributed by atoms with E-state index >= 15 is 0 Å². The summed E-state index contributed by atoms with van der Waals surface area (Å²) in [6.07, 6.45) is 2.75. The van der Waals surface area contributed by atoms with Crippen LogP contribution in [0.4, 0.5) is 0 Å². The highest BCUT2D eigenvalue weighted by Gasteiger charge is 2.23. The number of nitrogens with zero attached hydrogens (tertiary/aromatic N) is 2. The Morgan fingerprint density at radius 1 is 1.26 bits per heavy atom. The van der Waals surface area contributed by atoms with E-state index < -0.39 is 15.7 Å². The summed E-state index contributed by atoms with van der Waals surface area (Å²) in [4.78, 5) is 16.9. The summed E-state index contributed by atoms with van der Waals surface area (Å²) in [5.41, 5.74) is 6.58. The van der Waals surface area contributed by atoms with Gasteiger partial charge in [0.15, 0.2) is 9.84 Å². The van der Waals surface area contributed by atoms with E-state index in [9.17, 15) is 13.2 Å². The average Bonchev–Trinajstić information content (AvgIpc) is 2.56. The van der Waals surface area contributed by atoms with Gasteiger partial charge in [-0.15, -0.1) is 0 Å². The number of guanidine groups is 1. The second-order valence-corrected chi connectivity index (χ2v) is 6.22. The van der Waals surface area contributed by atoms with E-state index in [1.807, 2.05) is 0 Å². The van der Waals surface area contributed by atoms with Crippen LogP contribution in [0.5, 0.6) is 0 Å². The Bertz CT molecular complexity index is 687. The summed E-state index contributed by atoms with van der Waals surface area (Å²) in [6, 6.07) is 6.23. The fourth-order valence-corrected chi connectivity index (χ4v) is 2.26. The number of carbonyl (C=O) groups excluding carboxylic acids is 1. The minimum Gasteiger partial charge on any atom is -0.369 e. The molecular weight excluding hydrogens is 266 g/mol. The van der Waals surface area contributed by atoms with Gasteiger partial charge in [0.1, 0.15) is 5.70 Å². The van der Waals surface area contributed by atoms with Crippen LogP contribution in [0.2, 0.25) is 0 Å². The molecule has 1 heterocycles. The summed E-state index contributed by atoms with van der Waals surface area (Å²) >= 11 is 0. The molecule has 0 radical (unpaired) electrons. The Morgan fingerprint density at radius 3 is 2.26 bits per heavy atom. The van der Waals surface area contributed by atoms with Crippen LogP contribution in [0.3, 0.4) is 0 Å². The number of hydrogen-bond donors (Lipinski definition) is 1. The highest BCUT2D eigenvalue weighted by molar-refractivity contribution is 7.90. The molecule has 1 aromatic carbocycles. The molecule has 1 aliphatic heterocycles. The molecular formula is C12H13N3O3S. The summed E-state index contributed by atoms with van der Waals surface area (Å²) in [6.45, 7) is 0. The molecule has 2 rings (SSSR count). The van der Waals surface area contributed by atoms with Crippen LogP contribution in [-0.2, 0) is 14.6 Å². The molecule has 0 unspecified atom stereocenters. The summed E-state index contributed by atoms with van der Waals surface area (Å²) in [5.74, 6) is -0.267. The van der Waals surface area contributed by atoms with E-state index in [0.29, 0.717) is 11.3 Å². The van der Waals surface area contributed by atoms with Gasteiger partial charge in [0.05, 0.1) is 4.90 Å².